The molecular formula is C16H15N3S. The summed E-state index contributed by atoms with van der Waals surface area (Å²) in [7, 11) is 0. The third-order valence-electron chi connectivity index (χ3n) is 3.88. The van der Waals surface area contributed by atoms with Gasteiger partial charge in [-0.2, -0.15) is 0 Å². The Morgan fingerprint density at radius 3 is 2.90 bits per heavy atom. The lowest BCUT2D eigenvalue weighted by Gasteiger charge is -2.32. The van der Waals surface area contributed by atoms with Crippen molar-refractivity contribution in [3.8, 4) is 0 Å². The third-order valence-corrected chi connectivity index (χ3v) is 5.01. The second-order valence-electron chi connectivity index (χ2n) is 5.17. The number of hydrogen-bond donors (Lipinski definition) is 0. The molecule has 0 aliphatic carbocycles. The summed E-state index contributed by atoms with van der Waals surface area (Å²) in [5, 5.41) is 1.14. The topological polar surface area (TPSA) is 28.5 Å². The van der Waals surface area contributed by atoms with Gasteiger partial charge in [0.25, 0.3) is 0 Å². The Balaban J connectivity index is 1.65. The number of nitrogens with zero attached hydrogens (tertiary/aromatic N) is 3. The van der Waals surface area contributed by atoms with Crippen molar-refractivity contribution in [1.82, 2.24) is 9.88 Å². The first-order chi connectivity index (χ1) is 9.90. The van der Waals surface area contributed by atoms with Crippen molar-refractivity contribution in [3.05, 3.63) is 59.9 Å². The number of fused-ring (bicyclic) bond motifs is 2. The number of aromatic nitrogens is 1. The molecule has 2 aromatic rings. The highest BCUT2D eigenvalue weighted by molar-refractivity contribution is 8.14. The molecule has 3 nitrogen and oxygen atoms in total. The lowest BCUT2D eigenvalue weighted by atomic mass is 9.95. The first-order valence-corrected chi connectivity index (χ1v) is 7.84. The van der Waals surface area contributed by atoms with Crippen LogP contribution < -0.4 is 0 Å². The Labute approximate surface area is 122 Å². The summed E-state index contributed by atoms with van der Waals surface area (Å²) in [6.07, 6.45) is 4.74. The van der Waals surface area contributed by atoms with E-state index in [9.17, 15) is 0 Å². The highest BCUT2D eigenvalue weighted by Gasteiger charge is 2.34. The average Bonchev–Trinajstić information content (AvgIpc) is 2.88. The molecule has 0 saturated carbocycles. The Hall–Kier alpha value is -1.81. The van der Waals surface area contributed by atoms with Gasteiger partial charge in [-0.3, -0.25) is 4.98 Å². The van der Waals surface area contributed by atoms with Crippen LogP contribution in [0.15, 0.2) is 53.8 Å². The minimum absolute atomic E-state index is 0.588. The SMILES string of the molecule is c1cncc(N=C2SC[C@@H]3Cc4ccccc4CN23)c1. The summed E-state index contributed by atoms with van der Waals surface area (Å²) in [5.74, 6) is 1.13. The molecule has 0 unspecified atom stereocenters. The first-order valence-electron chi connectivity index (χ1n) is 6.85. The van der Waals surface area contributed by atoms with E-state index in [1.54, 1.807) is 6.20 Å². The van der Waals surface area contributed by atoms with Crippen molar-refractivity contribution in [2.75, 3.05) is 5.75 Å². The highest BCUT2D eigenvalue weighted by Crippen LogP contribution is 2.34. The minimum atomic E-state index is 0.588. The van der Waals surface area contributed by atoms with Crippen molar-refractivity contribution >= 4 is 22.6 Å². The Morgan fingerprint density at radius 1 is 1.15 bits per heavy atom. The molecule has 1 aromatic carbocycles. The van der Waals surface area contributed by atoms with E-state index in [0.29, 0.717) is 6.04 Å². The number of amidine groups is 1. The second-order valence-corrected chi connectivity index (χ2v) is 6.16. The van der Waals surface area contributed by atoms with Crippen LogP contribution >= 0.6 is 11.8 Å². The molecule has 0 bridgehead atoms. The van der Waals surface area contributed by atoms with E-state index >= 15 is 0 Å². The fourth-order valence-corrected chi connectivity index (χ4v) is 4.03. The molecule has 4 heteroatoms. The van der Waals surface area contributed by atoms with Gasteiger partial charge < -0.3 is 4.90 Å². The van der Waals surface area contributed by atoms with Crippen molar-refractivity contribution in [1.29, 1.82) is 0 Å². The fraction of sp³-hybridized carbons (Fsp3) is 0.250. The number of hydrogen-bond acceptors (Lipinski definition) is 3. The van der Waals surface area contributed by atoms with Crippen LogP contribution in [0.1, 0.15) is 11.1 Å². The summed E-state index contributed by atoms with van der Waals surface area (Å²) < 4.78 is 0. The van der Waals surface area contributed by atoms with Crippen molar-refractivity contribution in [2.24, 2.45) is 4.99 Å². The van der Waals surface area contributed by atoms with E-state index in [1.165, 1.54) is 11.1 Å². The smallest absolute Gasteiger partial charge is 0.165 e. The maximum atomic E-state index is 4.76. The first kappa shape index (κ1) is 12.0. The van der Waals surface area contributed by atoms with Crippen LogP contribution in [0.3, 0.4) is 0 Å². The van der Waals surface area contributed by atoms with Crippen LogP contribution in [-0.4, -0.2) is 26.8 Å². The molecule has 100 valence electrons. The molecule has 4 rings (SSSR count). The summed E-state index contributed by atoms with van der Waals surface area (Å²) in [4.78, 5) is 11.3. The third kappa shape index (κ3) is 2.10. The fourth-order valence-electron chi connectivity index (χ4n) is 2.84. The van der Waals surface area contributed by atoms with Crippen LogP contribution in [0.2, 0.25) is 0 Å². The zero-order valence-corrected chi connectivity index (χ0v) is 11.9. The van der Waals surface area contributed by atoms with Gasteiger partial charge in [-0.05, 0) is 29.7 Å². The summed E-state index contributed by atoms with van der Waals surface area (Å²) >= 11 is 1.86. The van der Waals surface area contributed by atoms with Gasteiger partial charge in [0.15, 0.2) is 5.17 Å². The van der Waals surface area contributed by atoms with Gasteiger partial charge in [0.05, 0.1) is 11.9 Å². The Morgan fingerprint density at radius 2 is 2.05 bits per heavy atom. The quantitative estimate of drug-likeness (QED) is 0.803. The molecule has 1 atom stereocenters. The molecular weight excluding hydrogens is 266 g/mol. The number of thioether (sulfide) groups is 1. The van der Waals surface area contributed by atoms with Gasteiger partial charge in [-0.15, -0.1) is 0 Å². The van der Waals surface area contributed by atoms with Gasteiger partial charge in [0.2, 0.25) is 0 Å². The summed E-state index contributed by atoms with van der Waals surface area (Å²) in [6.45, 7) is 0.979. The highest BCUT2D eigenvalue weighted by atomic mass is 32.2. The van der Waals surface area contributed by atoms with Crippen LogP contribution in [0.25, 0.3) is 0 Å². The van der Waals surface area contributed by atoms with E-state index in [2.05, 4.69) is 34.1 Å². The van der Waals surface area contributed by atoms with E-state index in [0.717, 1.165) is 29.6 Å². The molecule has 0 spiro atoms. The zero-order valence-electron chi connectivity index (χ0n) is 11.1. The van der Waals surface area contributed by atoms with Gasteiger partial charge in [-0.25, -0.2) is 4.99 Å². The van der Waals surface area contributed by atoms with Crippen LogP contribution in [0, 0.1) is 0 Å². The van der Waals surface area contributed by atoms with Crippen LogP contribution in [0.5, 0.6) is 0 Å². The predicted molar refractivity (Wildman–Crippen MR) is 83.3 cm³/mol. The normalized spacial score (nSPS) is 22.7. The molecule has 2 aliphatic rings. The van der Waals surface area contributed by atoms with Gasteiger partial charge in [0.1, 0.15) is 0 Å². The van der Waals surface area contributed by atoms with Gasteiger partial charge >= 0.3 is 0 Å². The van der Waals surface area contributed by atoms with Crippen LogP contribution in [0.4, 0.5) is 5.69 Å². The number of aliphatic imine (C=N–C) groups is 1. The molecule has 1 fully saturated rings. The number of benzene rings is 1. The molecule has 0 amide bonds. The molecule has 0 radical (unpaired) electrons. The number of rotatable bonds is 1. The molecule has 1 aromatic heterocycles. The van der Waals surface area contributed by atoms with E-state index < -0.39 is 0 Å². The van der Waals surface area contributed by atoms with E-state index in [4.69, 9.17) is 4.99 Å². The van der Waals surface area contributed by atoms with Crippen LogP contribution in [-0.2, 0) is 13.0 Å². The molecule has 2 aliphatic heterocycles. The average molecular weight is 281 g/mol. The standard InChI is InChI=1S/C16H15N3S/c1-2-5-13-10-19-15(8-12(13)4-1)11-20-16(19)18-14-6-3-7-17-9-14/h1-7,9,15H,8,10-11H2/t15-/m0/s1. The maximum Gasteiger partial charge on any atom is 0.165 e. The summed E-state index contributed by atoms with van der Waals surface area (Å²) in [6, 6.07) is 13.3. The Kier molecular flexibility index (Phi) is 2.96. The zero-order chi connectivity index (χ0) is 13.4. The van der Waals surface area contributed by atoms with Gasteiger partial charge in [0, 0.05) is 24.5 Å². The lowest BCUT2D eigenvalue weighted by molar-refractivity contribution is 0.320. The predicted octanol–water partition coefficient (Wildman–Crippen LogP) is 3.24. The minimum Gasteiger partial charge on any atom is -0.343 e. The molecule has 3 heterocycles. The molecule has 20 heavy (non-hydrogen) atoms. The molecule has 1 saturated heterocycles. The summed E-state index contributed by atoms with van der Waals surface area (Å²) in [5.41, 5.74) is 3.87. The lowest BCUT2D eigenvalue weighted by Crippen LogP contribution is -2.38. The van der Waals surface area contributed by atoms with Crippen molar-refractivity contribution < 1.29 is 0 Å². The number of pyridine rings is 1. The Bertz CT molecular complexity index is 654. The monoisotopic (exact) mass is 281 g/mol. The van der Waals surface area contributed by atoms with E-state index in [1.807, 2.05) is 30.1 Å². The van der Waals surface area contributed by atoms with Gasteiger partial charge in [-0.1, -0.05) is 36.0 Å². The second kappa shape index (κ2) is 4.94. The van der Waals surface area contributed by atoms with Crippen molar-refractivity contribution in [2.45, 2.75) is 19.0 Å². The molecule has 0 N–H and O–H groups in total. The van der Waals surface area contributed by atoms with E-state index in [-0.39, 0.29) is 0 Å². The largest absolute Gasteiger partial charge is 0.343 e. The van der Waals surface area contributed by atoms with Crippen molar-refractivity contribution in [3.63, 3.8) is 0 Å². The maximum absolute atomic E-state index is 4.76.